The van der Waals surface area contributed by atoms with Gasteiger partial charge in [-0.15, -0.1) is 0 Å². The van der Waals surface area contributed by atoms with Crippen molar-refractivity contribution < 1.29 is 0 Å². The van der Waals surface area contributed by atoms with Gasteiger partial charge >= 0.3 is 0 Å². The van der Waals surface area contributed by atoms with Crippen LogP contribution in [0.5, 0.6) is 0 Å². The number of rotatable bonds is 2. The fourth-order valence-corrected chi connectivity index (χ4v) is 3.08. The van der Waals surface area contributed by atoms with E-state index in [9.17, 15) is 0 Å². The summed E-state index contributed by atoms with van der Waals surface area (Å²) in [6.45, 7) is 7.17. The molecular formula is C7H16NS+. The van der Waals surface area contributed by atoms with Gasteiger partial charge in [-0.3, -0.25) is 4.90 Å². The molecule has 1 unspecified atom stereocenters. The molecule has 1 aliphatic heterocycles. The third-order valence-electron chi connectivity index (χ3n) is 1.92. The van der Waals surface area contributed by atoms with Crippen molar-refractivity contribution in [1.29, 1.82) is 0 Å². The average molecular weight is 146 g/mol. The van der Waals surface area contributed by atoms with Gasteiger partial charge in [0.15, 0.2) is 5.88 Å². The van der Waals surface area contributed by atoms with Crippen molar-refractivity contribution in [1.82, 2.24) is 4.90 Å². The van der Waals surface area contributed by atoms with E-state index in [1.807, 2.05) is 0 Å². The molecule has 1 nitrogen and oxygen atoms in total. The molecule has 0 bridgehead atoms. The molecule has 0 aromatic heterocycles. The van der Waals surface area contributed by atoms with Crippen LogP contribution in [0.25, 0.3) is 0 Å². The Balaban J connectivity index is 2.20. The van der Waals surface area contributed by atoms with Crippen LogP contribution in [-0.2, 0) is 10.9 Å². The van der Waals surface area contributed by atoms with Crippen molar-refractivity contribution in [3.63, 3.8) is 0 Å². The van der Waals surface area contributed by atoms with E-state index in [-0.39, 0.29) is 0 Å². The van der Waals surface area contributed by atoms with Gasteiger partial charge in [0.25, 0.3) is 0 Å². The summed E-state index contributed by atoms with van der Waals surface area (Å²) in [5.74, 6) is 4.24. The first-order valence-corrected chi connectivity index (χ1v) is 5.46. The van der Waals surface area contributed by atoms with E-state index in [0.29, 0.717) is 0 Å². The molecule has 1 heterocycles. The van der Waals surface area contributed by atoms with Gasteiger partial charge < -0.3 is 0 Å². The van der Waals surface area contributed by atoms with E-state index in [0.717, 1.165) is 10.9 Å². The molecule has 1 rings (SSSR count). The largest absolute Gasteiger partial charge is 0.257 e. The van der Waals surface area contributed by atoms with Gasteiger partial charge in [0.1, 0.15) is 11.5 Å². The van der Waals surface area contributed by atoms with Crippen molar-refractivity contribution in [3.8, 4) is 0 Å². The third-order valence-corrected chi connectivity index (χ3v) is 4.22. The zero-order valence-corrected chi connectivity index (χ0v) is 7.21. The quantitative estimate of drug-likeness (QED) is 0.524. The van der Waals surface area contributed by atoms with Crippen LogP contribution in [0.3, 0.4) is 0 Å². The highest BCUT2D eigenvalue weighted by Crippen LogP contribution is 2.08. The average Bonchev–Trinajstić information content (AvgIpc) is 2.34. The first-order valence-electron chi connectivity index (χ1n) is 3.73. The minimum absolute atomic E-state index is 0.762. The number of hydrogen-bond donors (Lipinski definition) is 0. The van der Waals surface area contributed by atoms with Crippen molar-refractivity contribution >= 4 is 10.9 Å². The van der Waals surface area contributed by atoms with Gasteiger partial charge in [0.05, 0.1) is 0 Å². The summed E-state index contributed by atoms with van der Waals surface area (Å²) in [7, 11) is 0.762. The van der Waals surface area contributed by atoms with Crippen LogP contribution in [-0.4, -0.2) is 35.4 Å². The second-order valence-electron chi connectivity index (χ2n) is 2.44. The Kier molecular flexibility index (Phi) is 2.86. The fraction of sp³-hybridized carbons (Fsp3) is 1.00. The summed E-state index contributed by atoms with van der Waals surface area (Å²) in [6, 6.07) is 0. The Morgan fingerprint density at radius 1 is 1.44 bits per heavy atom. The van der Waals surface area contributed by atoms with Gasteiger partial charge in [-0.2, -0.15) is 0 Å². The van der Waals surface area contributed by atoms with Crippen LogP contribution in [0.1, 0.15) is 13.8 Å². The summed E-state index contributed by atoms with van der Waals surface area (Å²) < 4.78 is 0. The molecule has 0 spiro atoms. The first kappa shape index (κ1) is 7.42. The smallest absolute Gasteiger partial charge is 0.162 e. The van der Waals surface area contributed by atoms with Crippen molar-refractivity contribution in [3.05, 3.63) is 0 Å². The third kappa shape index (κ3) is 1.87. The Morgan fingerprint density at radius 2 is 2.22 bits per heavy atom. The predicted molar refractivity (Wildman–Crippen MR) is 44.9 cm³/mol. The highest BCUT2D eigenvalue weighted by atomic mass is 32.2. The standard InChI is InChI=1S/C7H16NS/c1-3-8-5-6-9(4-2)7-8/h3-7H2,1-2H3/q+1. The second-order valence-corrected chi connectivity index (χ2v) is 4.91. The number of nitrogens with zero attached hydrogens (tertiary/aromatic N) is 1. The van der Waals surface area contributed by atoms with Gasteiger partial charge in [0.2, 0.25) is 0 Å². The minimum Gasteiger partial charge on any atom is -0.257 e. The monoisotopic (exact) mass is 146 g/mol. The van der Waals surface area contributed by atoms with Crippen molar-refractivity contribution in [2.45, 2.75) is 13.8 Å². The molecule has 1 aliphatic rings. The molecular weight excluding hydrogens is 130 g/mol. The van der Waals surface area contributed by atoms with Crippen LogP contribution in [0.4, 0.5) is 0 Å². The van der Waals surface area contributed by atoms with E-state index in [4.69, 9.17) is 0 Å². The van der Waals surface area contributed by atoms with E-state index < -0.39 is 0 Å². The molecule has 1 fully saturated rings. The zero-order valence-electron chi connectivity index (χ0n) is 6.39. The van der Waals surface area contributed by atoms with Crippen LogP contribution in [0.15, 0.2) is 0 Å². The lowest BCUT2D eigenvalue weighted by molar-refractivity contribution is 0.376. The molecule has 0 aromatic rings. The zero-order chi connectivity index (χ0) is 6.69. The Bertz CT molecular complexity index is 75.0. The molecule has 54 valence electrons. The molecule has 1 atom stereocenters. The fourth-order valence-electron chi connectivity index (χ4n) is 1.13. The Hall–Kier alpha value is 0.310. The maximum absolute atomic E-state index is 2.55. The van der Waals surface area contributed by atoms with E-state index in [2.05, 4.69) is 18.7 Å². The van der Waals surface area contributed by atoms with Crippen molar-refractivity contribution in [2.24, 2.45) is 0 Å². The maximum Gasteiger partial charge on any atom is 0.162 e. The van der Waals surface area contributed by atoms with Gasteiger partial charge in [-0.05, 0) is 13.5 Å². The highest BCUT2D eigenvalue weighted by molar-refractivity contribution is 7.97. The summed E-state index contributed by atoms with van der Waals surface area (Å²) in [5.41, 5.74) is 0. The number of hydrogen-bond acceptors (Lipinski definition) is 1. The van der Waals surface area contributed by atoms with E-state index >= 15 is 0 Å². The molecule has 0 aliphatic carbocycles. The topological polar surface area (TPSA) is 3.24 Å². The Morgan fingerprint density at radius 3 is 2.56 bits per heavy atom. The lowest BCUT2D eigenvalue weighted by Gasteiger charge is -2.04. The molecule has 0 radical (unpaired) electrons. The molecule has 0 aromatic carbocycles. The van der Waals surface area contributed by atoms with E-state index in [1.165, 1.54) is 30.5 Å². The van der Waals surface area contributed by atoms with E-state index in [1.54, 1.807) is 0 Å². The molecule has 0 amide bonds. The minimum atomic E-state index is 0.762. The molecule has 0 saturated carbocycles. The maximum atomic E-state index is 2.55. The van der Waals surface area contributed by atoms with Crippen LogP contribution >= 0.6 is 0 Å². The lowest BCUT2D eigenvalue weighted by Crippen LogP contribution is -2.20. The second kappa shape index (κ2) is 3.47. The van der Waals surface area contributed by atoms with Gasteiger partial charge in [0, 0.05) is 17.4 Å². The normalized spacial score (nSPS) is 29.3. The highest BCUT2D eigenvalue weighted by Gasteiger charge is 2.26. The Labute approximate surface area is 60.8 Å². The van der Waals surface area contributed by atoms with Gasteiger partial charge in [-0.25, -0.2) is 0 Å². The molecule has 1 saturated heterocycles. The van der Waals surface area contributed by atoms with Crippen LogP contribution in [0.2, 0.25) is 0 Å². The van der Waals surface area contributed by atoms with Crippen LogP contribution < -0.4 is 0 Å². The van der Waals surface area contributed by atoms with Crippen molar-refractivity contribution in [2.75, 3.05) is 30.5 Å². The van der Waals surface area contributed by atoms with Crippen LogP contribution in [0, 0.1) is 0 Å². The molecule has 0 N–H and O–H groups in total. The first-order chi connectivity index (χ1) is 4.36. The van der Waals surface area contributed by atoms with Gasteiger partial charge in [-0.1, -0.05) is 6.92 Å². The summed E-state index contributed by atoms with van der Waals surface area (Å²) >= 11 is 0. The summed E-state index contributed by atoms with van der Waals surface area (Å²) in [6.07, 6.45) is 0. The lowest BCUT2D eigenvalue weighted by atomic mass is 10.6. The molecule has 2 heteroatoms. The summed E-state index contributed by atoms with van der Waals surface area (Å²) in [4.78, 5) is 2.55. The summed E-state index contributed by atoms with van der Waals surface area (Å²) in [5, 5.41) is 0. The molecule has 9 heavy (non-hydrogen) atoms. The SMILES string of the molecule is CCN1CC[S+](CC)C1. The predicted octanol–water partition coefficient (Wildman–Crippen LogP) is 0.918.